The number of aromatic nitrogens is 5. The quantitative estimate of drug-likeness (QED) is 0.725. The lowest BCUT2D eigenvalue weighted by Gasteiger charge is -2.16. The van der Waals surface area contributed by atoms with Gasteiger partial charge in [-0.15, -0.1) is 5.10 Å². The number of ether oxygens (including phenoxy) is 1. The molecule has 0 saturated heterocycles. The van der Waals surface area contributed by atoms with Crippen molar-refractivity contribution in [2.75, 3.05) is 25.6 Å². The SMILES string of the molecule is COCC(C)n1ccnc1NCCCn1ccnn1. The van der Waals surface area contributed by atoms with E-state index in [1.807, 2.05) is 17.1 Å². The summed E-state index contributed by atoms with van der Waals surface area (Å²) in [5.74, 6) is 0.878. The molecule has 0 saturated carbocycles. The van der Waals surface area contributed by atoms with Gasteiger partial charge in [-0.3, -0.25) is 4.68 Å². The third-order valence-electron chi connectivity index (χ3n) is 2.87. The highest BCUT2D eigenvalue weighted by molar-refractivity contribution is 5.26. The molecule has 0 amide bonds. The van der Waals surface area contributed by atoms with Gasteiger partial charge in [-0.1, -0.05) is 5.21 Å². The number of rotatable bonds is 8. The maximum absolute atomic E-state index is 5.16. The summed E-state index contributed by atoms with van der Waals surface area (Å²) in [5, 5.41) is 11.0. The van der Waals surface area contributed by atoms with Gasteiger partial charge in [-0.25, -0.2) is 4.98 Å². The fourth-order valence-electron chi connectivity index (χ4n) is 1.92. The molecule has 0 aliphatic heterocycles. The zero-order valence-electron chi connectivity index (χ0n) is 11.4. The Hall–Kier alpha value is -1.89. The van der Waals surface area contributed by atoms with Crippen molar-refractivity contribution in [2.24, 2.45) is 0 Å². The van der Waals surface area contributed by atoms with Crippen molar-refractivity contribution in [2.45, 2.75) is 25.9 Å². The molecule has 0 aliphatic carbocycles. The second kappa shape index (κ2) is 6.89. The van der Waals surface area contributed by atoms with Crippen LogP contribution in [0.3, 0.4) is 0 Å². The molecular formula is C12H20N6O. The van der Waals surface area contributed by atoms with Gasteiger partial charge in [0.25, 0.3) is 0 Å². The van der Waals surface area contributed by atoms with Crippen molar-refractivity contribution in [1.29, 1.82) is 0 Å². The molecule has 1 unspecified atom stereocenters. The first-order valence-electron chi connectivity index (χ1n) is 6.41. The van der Waals surface area contributed by atoms with Gasteiger partial charge < -0.3 is 14.6 Å². The number of aryl methyl sites for hydroxylation is 1. The molecule has 0 aromatic carbocycles. The van der Waals surface area contributed by atoms with E-state index >= 15 is 0 Å². The highest BCUT2D eigenvalue weighted by Crippen LogP contribution is 2.13. The van der Waals surface area contributed by atoms with Crippen LogP contribution in [-0.2, 0) is 11.3 Å². The summed E-state index contributed by atoms with van der Waals surface area (Å²) in [5.41, 5.74) is 0. The normalized spacial score (nSPS) is 12.5. The highest BCUT2D eigenvalue weighted by Gasteiger charge is 2.08. The molecule has 1 N–H and O–H groups in total. The molecule has 0 spiro atoms. The Bertz CT molecular complexity index is 466. The lowest BCUT2D eigenvalue weighted by molar-refractivity contribution is 0.163. The van der Waals surface area contributed by atoms with Gasteiger partial charge in [0.1, 0.15) is 0 Å². The molecular weight excluding hydrogens is 244 g/mol. The standard InChI is InChI=1S/C12H20N6O/c1-11(10-19-2)18-9-5-14-12(18)13-4-3-7-17-8-6-15-16-17/h5-6,8-9,11H,3-4,7,10H2,1-2H3,(H,13,14). The van der Waals surface area contributed by atoms with Crippen LogP contribution in [0.4, 0.5) is 5.95 Å². The van der Waals surface area contributed by atoms with Crippen LogP contribution in [0.25, 0.3) is 0 Å². The van der Waals surface area contributed by atoms with E-state index in [-0.39, 0.29) is 6.04 Å². The Morgan fingerprint density at radius 3 is 3.00 bits per heavy atom. The third kappa shape index (κ3) is 3.78. The molecule has 1 atom stereocenters. The molecule has 7 heteroatoms. The van der Waals surface area contributed by atoms with E-state index in [1.165, 1.54) is 0 Å². The number of hydrogen-bond donors (Lipinski definition) is 1. The lowest BCUT2D eigenvalue weighted by atomic mass is 10.3. The van der Waals surface area contributed by atoms with E-state index in [4.69, 9.17) is 4.74 Å². The van der Waals surface area contributed by atoms with Crippen LogP contribution in [0.2, 0.25) is 0 Å². The van der Waals surface area contributed by atoms with E-state index in [2.05, 4.69) is 32.1 Å². The molecule has 0 fully saturated rings. The predicted octanol–water partition coefficient (Wildman–Crippen LogP) is 1.18. The summed E-state index contributed by atoms with van der Waals surface area (Å²) in [6.07, 6.45) is 8.28. The number of anilines is 1. The fourth-order valence-corrected chi connectivity index (χ4v) is 1.92. The van der Waals surface area contributed by atoms with Crippen LogP contribution in [0, 0.1) is 0 Å². The summed E-state index contributed by atoms with van der Waals surface area (Å²) >= 11 is 0. The largest absolute Gasteiger partial charge is 0.383 e. The number of methoxy groups -OCH3 is 1. The van der Waals surface area contributed by atoms with Crippen LogP contribution in [0.15, 0.2) is 24.8 Å². The third-order valence-corrected chi connectivity index (χ3v) is 2.87. The second-order valence-corrected chi connectivity index (χ2v) is 4.41. The molecule has 2 aromatic heterocycles. The van der Waals surface area contributed by atoms with E-state index < -0.39 is 0 Å². The van der Waals surface area contributed by atoms with Gasteiger partial charge in [0.2, 0.25) is 5.95 Å². The number of nitrogens with zero attached hydrogens (tertiary/aromatic N) is 5. The molecule has 0 aliphatic rings. The van der Waals surface area contributed by atoms with Crippen LogP contribution >= 0.6 is 0 Å². The first-order valence-corrected chi connectivity index (χ1v) is 6.41. The minimum absolute atomic E-state index is 0.269. The molecule has 2 heterocycles. The molecule has 0 bridgehead atoms. The Morgan fingerprint density at radius 2 is 2.26 bits per heavy atom. The van der Waals surface area contributed by atoms with Gasteiger partial charge in [0.15, 0.2) is 0 Å². The zero-order valence-corrected chi connectivity index (χ0v) is 11.4. The van der Waals surface area contributed by atoms with Crippen molar-refractivity contribution >= 4 is 5.95 Å². The summed E-state index contributed by atoms with van der Waals surface area (Å²) in [6.45, 7) is 4.47. The van der Waals surface area contributed by atoms with Gasteiger partial charge in [0, 0.05) is 38.8 Å². The Kier molecular flexibility index (Phi) is 4.91. The van der Waals surface area contributed by atoms with Crippen molar-refractivity contribution < 1.29 is 4.74 Å². The summed E-state index contributed by atoms with van der Waals surface area (Å²) in [4.78, 5) is 4.32. The van der Waals surface area contributed by atoms with Gasteiger partial charge in [-0.05, 0) is 13.3 Å². The van der Waals surface area contributed by atoms with E-state index in [1.54, 1.807) is 19.5 Å². The monoisotopic (exact) mass is 264 g/mol. The minimum Gasteiger partial charge on any atom is -0.383 e. The molecule has 2 aromatic rings. The summed E-state index contributed by atoms with van der Waals surface area (Å²) < 4.78 is 9.07. The van der Waals surface area contributed by atoms with E-state index in [0.29, 0.717) is 6.61 Å². The summed E-state index contributed by atoms with van der Waals surface area (Å²) in [7, 11) is 1.71. The van der Waals surface area contributed by atoms with E-state index in [9.17, 15) is 0 Å². The fraction of sp³-hybridized carbons (Fsp3) is 0.583. The van der Waals surface area contributed by atoms with Gasteiger partial charge in [-0.2, -0.15) is 0 Å². The maximum Gasteiger partial charge on any atom is 0.203 e. The lowest BCUT2D eigenvalue weighted by Crippen LogP contribution is -2.16. The van der Waals surface area contributed by atoms with Crippen molar-refractivity contribution in [3.8, 4) is 0 Å². The average molecular weight is 264 g/mol. The van der Waals surface area contributed by atoms with Crippen LogP contribution in [0.1, 0.15) is 19.4 Å². The van der Waals surface area contributed by atoms with E-state index in [0.717, 1.165) is 25.5 Å². The molecule has 19 heavy (non-hydrogen) atoms. The highest BCUT2D eigenvalue weighted by atomic mass is 16.5. The van der Waals surface area contributed by atoms with Crippen molar-refractivity contribution in [3.63, 3.8) is 0 Å². The van der Waals surface area contributed by atoms with Crippen molar-refractivity contribution in [1.82, 2.24) is 24.5 Å². The Labute approximate surface area is 112 Å². The molecule has 0 radical (unpaired) electrons. The summed E-state index contributed by atoms with van der Waals surface area (Å²) in [6, 6.07) is 0.269. The first-order chi connectivity index (χ1) is 9.31. The average Bonchev–Trinajstić information content (AvgIpc) is 3.06. The van der Waals surface area contributed by atoms with Crippen molar-refractivity contribution in [3.05, 3.63) is 24.8 Å². The zero-order chi connectivity index (χ0) is 13.5. The number of hydrogen-bond acceptors (Lipinski definition) is 5. The topological polar surface area (TPSA) is 69.8 Å². The van der Waals surface area contributed by atoms with Gasteiger partial charge in [0.05, 0.1) is 18.8 Å². The van der Waals surface area contributed by atoms with Crippen LogP contribution in [0.5, 0.6) is 0 Å². The van der Waals surface area contributed by atoms with Gasteiger partial charge >= 0.3 is 0 Å². The number of imidazole rings is 1. The smallest absolute Gasteiger partial charge is 0.203 e. The first kappa shape index (κ1) is 13.5. The minimum atomic E-state index is 0.269. The number of nitrogens with one attached hydrogen (secondary N) is 1. The maximum atomic E-state index is 5.16. The second-order valence-electron chi connectivity index (χ2n) is 4.41. The predicted molar refractivity (Wildman–Crippen MR) is 71.9 cm³/mol. The van der Waals surface area contributed by atoms with Crippen LogP contribution in [-0.4, -0.2) is 44.8 Å². The molecule has 7 nitrogen and oxygen atoms in total. The molecule has 104 valence electrons. The molecule has 2 rings (SSSR count). The Balaban J connectivity index is 1.78. The Morgan fingerprint density at radius 1 is 1.37 bits per heavy atom. The van der Waals surface area contributed by atoms with Crippen LogP contribution < -0.4 is 5.32 Å².